The van der Waals surface area contributed by atoms with Crippen LogP contribution in [0.15, 0.2) is 9.59 Å². The maximum atomic E-state index is 11.0. The molecular weight excluding hydrogens is 146 g/mol. The van der Waals surface area contributed by atoms with Gasteiger partial charge in [0.25, 0.3) is 0 Å². The van der Waals surface area contributed by atoms with E-state index in [1.165, 1.54) is 0 Å². The Labute approximate surface area is 62.7 Å². The average Bonchev–Trinajstić information content (AvgIpc) is 1.94. The Morgan fingerprint density at radius 1 is 1.55 bits per heavy atom. The highest BCUT2D eigenvalue weighted by atomic mass is 16.2. The molecule has 1 aromatic rings. The molecule has 1 heterocycles. The lowest BCUT2D eigenvalue weighted by atomic mass is 10.4. The summed E-state index contributed by atoms with van der Waals surface area (Å²) < 4.78 is 1.15. The zero-order valence-electron chi connectivity index (χ0n) is 6.29. The van der Waals surface area contributed by atoms with Gasteiger partial charge >= 0.3 is 11.1 Å². The minimum absolute atomic E-state index is 0.0858. The zero-order chi connectivity index (χ0) is 8.43. The van der Waals surface area contributed by atoms with Crippen molar-refractivity contribution < 1.29 is 0 Å². The molecule has 0 aliphatic rings. The van der Waals surface area contributed by atoms with Crippen LogP contribution in [0.3, 0.4) is 0 Å². The quantitative estimate of drug-likeness (QED) is 0.544. The fourth-order valence-electron chi connectivity index (χ4n) is 0.682. The summed E-state index contributed by atoms with van der Waals surface area (Å²) in [5, 5.41) is 5.37. The molecule has 0 spiro atoms. The van der Waals surface area contributed by atoms with Gasteiger partial charge in [-0.05, 0) is 13.8 Å². The first-order valence-electron chi connectivity index (χ1n) is 3.22. The van der Waals surface area contributed by atoms with E-state index in [0.29, 0.717) is 0 Å². The predicted octanol–water partition coefficient (Wildman–Crippen LogP) is -0.687. The van der Waals surface area contributed by atoms with Crippen LogP contribution >= 0.6 is 0 Å². The molecule has 59 valence electrons. The molecule has 0 aliphatic carbocycles. The molecule has 0 amide bonds. The van der Waals surface area contributed by atoms with Gasteiger partial charge in [0.1, 0.15) is 0 Å². The minimum atomic E-state index is -0.711. The molecule has 0 atom stereocenters. The fourth-order valence-corrected chi connectivity index (χ4v) is 0.682. The number of hydrogen-bond acceptors (Lipinski definition) is 3. The first-order valence-corrected chi connectivity index (χ1v) is 3.22. The lowest BCUT2D eigenvalue weighted by molar-refractivity contribution is 0.545. The number of hydrogen-bond donors (Lipinski definition) is 1. The van der Waals surface area contributed by atoms with Gasteiger partial charge in [-0.15, -0.1) is 0 Å². The third-order valence-corrected chi connectivity index (χ3v) is 1.24. The maximum absolute atomic E-state index is 11.0. The Kier molecular flexibility index (Phi) is 1.89. The Morgan fingerprint density at radius 2 is 2.18 bits per heavy atom. The second kappa shape index (κ2) is 2.69. The molecule has 0 fully saturated rings. The van der Waals surface area contributed by atoms with Crippen molar-refractivity contribution in [2.75, 3.05) is 0 Å². The summed E-state index contributed by atoms with van der Waals surface area (Å²) in [5.74, 6) is 0. The van der Waals surface area contributed by atoms with Gasteiger partial charge in [0.2, 0.25) is 6.33 Å². The monoisotopic (exact) mass is 154 g/mol. The molecular formula is C6H8N3O2. The summed E-state index contributed by atoms with van der Waals surface area (Å²) in [4.78, 5) is 21.6. The van der Waals surface area contributed by atoms with Crippen molar-refractivity contribution in [3.63, 3.8) is 0 Å². The summed E-state index contributed by atoms with van der Waals surface area (Å²) in [6, 6.07) is -0.0858. The van der Waals surface area contributed by atoms with Crippen LogP contribution in [0.4, 0.5) is 0 Å². The highest BCUT2D eigenvalue weighted by Gasteiger charge is 2.02. The number of nitrogens with one attached hydrogen (secondary N) is 1. The van der Waals surface area contributed by atoms with E-state index in [2.05, 4.69) is 11.4 Å². The minimum Gasteiger partial charge on any atom is -0.281 e. The number of aromatic nitrogens is 3. The largest absolute Gasteiger partial charge is 0.330 e. The highest BCUT2D eigenvalue weighted by molar-refractivity contribution is 4.75. The molecule has 5 nitrogen and oxygen atoms in total. The van der Waals surface area contributed by atoms with E-state index in [0.717, 1.165) is 4.57 Å². The third kappa shape index (κ3) is 1.36. The molecule has 0 saturated heterocycles. The maximum Gasteiger partial charge on any atom is 0.330 e. The first kappa shape index (κ1) is 7.71. The van der Waals surface area contributed by atoms with Crippen LogP contribution in [0, 0.1) is 6.33 Å². The van der Waals surface area contributed by atoms with Gasteiger partial charge in [-0.25, -0.2) is 5.10 Å². The van der Waals surface area contributed by atoms with Gasteiger partial charge in [0.05, 0.1) is 0 Å². The molecule has 0 aliphatic heterocycles. The van der Waals surface area contributed by atoms with Crippen LogP contribution in [0.1, 0.15) is 19.9 Å². The summed E-state index contributed by atoms with van der Waals surface area (Å²) in [6.45, 7) is 3.55. The topological polar surface area (TPSA) is 67.8 Å². The van der Waals surface area contributed by atoms with E-state index >= 15 is 0 Å². The smallest absolute Gasteiger partial charge is 0.281 e. The highest BCUT2D eigenvalue weighted by Crippen LogP contribution is 1.93. The van der Waals surface area contributed by atoms with Gasteiger partial charge in [-0.2, -0.15) is 5.10 Å². The summed E-state index contributed by atoms with van der Waals surface area (Å²) in [7, 11) is 0. The van der Waals surface area contributed by atoms with Gasteiger partial charge in [-0.3, -0.25) is 14.2 Å². The van der Waals surface area contributed by atoms with Crippen molar-refractivity contribution >= 4 is 0 Å². The molecule has 11 heavy (non-hydrogen) atoms. The Hall–Kier alpha value is -1.39. The number of nitrogens with zero attached hydrogens (tertiary/aromatic N) is 2. The van der Waals surface area contributed by atoms with Crippen molar-refractivity contribution in [3.05, 3.63) is 27.0 Å². The SMILES string of the molecule is CC(C)n1[c]n[nH]c(=O)c1=O. The average molecular weight is 154 g/mol. The van der Waals surface area contributed by atoms with Crippen molar-refractivity contribution in [3.8, 4) is 0 Å². The Balaban J connectivity index is 3.41. The van der Waals surface area contributed by atoms with E-state index in [-0.39, 0.29) is 6.04 Å². The van der Waals surface area contributed by atoms with E-state index in [4.69, 9.17) is 0 Å². The van der Waals surface area contributed by atoms with Crippen molar-refractivity contribution in [1.82, 2.24) is 14.8 Å². The molecule has 0 unspecified atom stereocenters. The van der Waals surface area contributed by atoms with Crippen molar-refractivity contribution in [1.29, 1.82) is 0 Å². The summed E-state index contributed by atoms with van der Waals surface area (Å²) in [6.07, 6.45) is 2.38. The van der Waals surface area contributed by atoms with Crippen molar-refractivity contribution in [2.24, 2.45) is 0 Å². The molecule has 0 aromatic carbocycles. The normalized spacial score (nSPS) is 10.5. The van der Waals surface area contributed by atoms with Crippen LogP contribution in [0.2, 0.25) is 0 Å². The fraction of sp³-hybridized carbons (Fsp3) is 0.500. The van der Waals surface area contributed by atoms with Crippen LogP contribution in [-0.4, -0.2) is 14.8 Å². The molecule has 1 aromatic heterocycles. The van der Waals surface area contributed by atoms with Crippen LogP contribution in [0.25, 0.3) is 0 Å². The van der Waals surface area contributed by atoms with Gasteiger partial charge in [0, 0.05) is 6.04 Å². The first-order chi connectivity index (χ1) is 5.13. The van der Waals surface area contributed by atoms with Gasteiger partial charge in [-0.1, -0.05) is 0 Å². The summed E-state index contributed by atoms with van der Waals surface area (Å²) in [5.41, 5.74) is -1.33. The van der Waals surface area contributed by atoms with E-state index in [9.17, 15) is 9.59 Å². The molecule has 1 rings (SSSR count). The number of H-pyrrole nitrogens is 1. The summed E-state index contributed by atoms with van der Waals surface area (Å²) >= 11 is 0. The lowest BCUT2D eigenvalue weighted by Crippen LogP contribution is -2.37. The van der Waals surface area contributed by atoms with E-state index in [1.807, 2.05) is 5.10 Å². The molecule has 1 radical (unpaired) electrons. The van der Waals surface area contributed by atoms with Crippen LogP contribution < -0.4 is 11.1 Å². The predicted molar refractivity (Wildman–Crippen MR) is 38.3 cm³/mol. The second-order valence-electron chi connectivity index (χ2n) is 2.42. The lowest BCUT2D eigenvalue weighted by Gasteiger charge is -2.04. The van der Waals surface area contributed by atoms with Gasteiger partial charge < -0.3 is 0 Å². The Bertz CT molecular complexity index is 349. The molecule has 0 bridgehead atoms. The van der Waals surface area contributed by atoms with Crippen LogP contribution in [0.5, 0.6) is 0 Å². The zero-order valence-corrected chi connectivity index (χ0v) is 6.29. The standard InChI is InChI=1S/C6H8N3O2/c1-4(2)9-3-7-8-5(10)6(9)11/h4H,1-2H3,(H,8,10). The molecule has 0 saturated carbocycles. The second-order valence-corrected chi connectivity index (χ2v) is 2.42. The van der Waals surface area contributed by atoms with E-state index in [1.54, 1.807) is 13.8 Å². The Morgan fingerprint density at radius 3 is 2.64 bits per heavy atom. The van der Waals surface area contributed by atoms with Gasteiger partial charge in [0.15, 0.2) is 0 Å². The third-order valence-electron chi connectivity index (χ3n) is 1.24. The molecule has 5 heteroatoms. The van der Waals surface area contributed by atoms with Crippen molar-refractivity contribution in [2.45, 2.75) is 19.9 Å². The van der Waals surface area contributed by atoms with E-state index < -0.39 is 11.1 Å². The number of aromatic amines is 1. The molecule has 1 N–H and O–H groups in total. The number of rotatable bonds is 1. The van der Waals surface area contributed by atoms with Crippen LogP contribution in [-0.2, 0) is 0 Å².